The lowest BCUT2D eigenvalue weighted by molar-refractivity contribution is -0.192. The van der Waals surface area contributed by atoms with Gasteiger partial charge in [0.1, 0.15) is 11.6 Å². The second kappa shape index (κ2) is 14.1. The summed E-state index contributed by atoms with van der Waals surface area (Å²) < 4.78 is 31.7. The van der Waals surface area contributed by atoms with E-state index in [1.54, 1.807) is 0 Å². The largest absolute Gasteiger partial charge is 0.507 e. The van der Waals surface area contributed by atoms with Crippen molar-refractivity contribution < 1.29 is 33.0 Å². The van der Waals surface area contributed by atoms with E-state index in [0.29, 0.717) is 35.8 Å². The van der Waals surface area contributed by atoms with E-state index in [1.807, 2.05) is 49.3 Å². The van der Waals surface area contributed by atoms with Crippen molar-refractivity contribution in [3.8, 4) is 5.75 Å². The number of para-hydroxylation sites is 1. The van der Waals surface area contributed by atoms with Crippen LogP contribution in [-0.4, -0.2) is 64.9 Å². The molecule has 3 aromatic rings. The van der Waals surface area contributed by atoms with Crippen molar-refractivity contribution in [1.82, 2.24) is 15.3 Å². The molecule has 1 amide bonds. The Labute approximate surface area is 268 Å². The van der Waals surface area contributed by atoms with E-state index in [-0.39, 0.29) is 16.7 Å². The number of carboxylic acid groups (broad SMARTS) is 1. The highest BCUT2D eigenvalue weighted by Gasteiger charge is 2.38. The van der Waals surface area contributed by atoms with Crippen molar-refractivity contribution in [2.45, 2.75) is 90.3 Å². The van der Waals surface area contributed by atoms with E-state index >= 15 is 0 Å². The summed E-state index contributed by atoms with van der Waals surface area (Å²) in [4.78, 5) is 33.7. The third-order valence-corrected chi connectivity index (χ3v) is 7.97. The normalized spacial score (nSPS) is 17.1. The number of fused-ring (bicyclic) bond motifs is 1. The predicted octanol–water partition coefficient (Wildman–Crippen LogP) is 7.03. The molecule has 0 radical (unpaired) electrons. The number of hydrogen-bond donors (Lipinski definition) is 4. The maximum atomic E-state index is 13.2. The van der Waals surface area contributed by atoms with Crippen molar-refractivity contribution in [3.05, 3.63) is 53.1 Å². The second-order valence-corrected chi connectivity index (χ2v) is 14.1. The lowest BCUT2D eigenvalue weighted by Gasteiger charge is -2.30. The molecule has 0 saturated heterocycles. The van der Waals surface area contributed by atoms with Crippen LogP contribution in [0.25, 0.3) is 10.9 Å². The highest BCUT2D eigenvalue weighted by atomic mass is 19.4. The zero-order chi connectivity index (χ0) is 34.6. The maximum Gasteiger partial charge on any atom is 0.490 e. The number of phenolic OH excluding ortho intramolecular Hbond substituents is 1. The van der Waals surface area contributed by atoms with Gasteiger partial charge in [0.15, 0.2) is 0 Å². The number of amides is 1. The van der Waals surface area contributed by atoms with Gasteiger partial charge in [0.05, 0.1) is 5.52 Å². The average molecular weight is 646 g/mol. The van der Waals surface area contributed by atoms with Gasteiger partial charge >= 0.3 is 12.1 Å². The number of benzene rings is 2. The Kier molecular flexibility index (Phi) is 11.2. The Morgan fingerprint density at radius 3 is 1.91 bits per heavy atom. The monoisotopic (exact) mass is 645 g/mol. The molecule has 2 aromatic carbocycles. The minimum atomic E-state index is -5.08. The zero-order valence-electron chi connectivity index (χ0n) is 27.8. The number of nitrogens with zero attached hydrogens (tertiary/aromatic N) is 3. The molecule has 0 spiro atoms. The standard InChI is InChI=1S/C32H45N5O2.C2HF3O2/c1-31(2,3)24-17-21(18-25(27(24)38)32(4,5)6)29(39)33-19-20-13-15-22(16-14-20)34-30-35-26-12-10-9-11-23(26)28(36-30)37(7)8;3-2(4,5)1(6)7/h9-12,17-18,20,22,38H,13-16,19H2,1-8H3,(H,33,39)(H,34,35,36);(H,6,7). The summed E-state index contributed by atoms with van der Waals surface area (Å²) in [5.74, 6) is -0.517. The summed E-state index contributed by atoms with van der Waals surface area (Å²) in [6, 6.07) is 12.1. The molecule has 1 aliphatic carbocycles. The number of nitrogens with one attached hydrogen (secondary N) is 2. The molecule has 1 saturated carbocycles. The highest BCUT2D eigenvalue weighted by Crippen LogP contribution is 2.40. The number of aromatic nitrogens is 2. The van der Waals surface area contributed by atoms with Crippen molar-refractivity contribution in [2.24, 2.45) is 5.92 Å². The number of phenols is 1. The first-order valence-electron chi connectivity index (χ1n) is 15.4. The van der Waals surface area contributed by atoms with E-state index in [1.165, 1.54) is 0 Å². The SMILES string of the molecule is CN(C)c1nc(NC2CCC(CNC(=O)c3cc(C(C)(C)C)c(O)c(C(C)(C)C)c3)CC2)nc2ccccc12.O=C(O)C(F)(F)F. The molecule has 12 heteroatoms. The van der Waals surface area contributed by atoms with Crippen molar-refractivity contribution in [1.29, 1.82) is 0 Å². The Morgan fingerprint density at radius 1 is 0.913 bits per heavy atom. The number of hydrogen-bond acceptors (Lipinski definition) is 7. The molecule has 4 rings (SSSR count). The van der Waals surface area contributed by atoms with Gasteiger partial charge < -0.3 is 25.7 Å². The quantitative estimate of drug-likeness (QED) is 0.225. The third-order valence-electron chi connectivity index (χ3n) is 7.97. The van der Waals surface area contributed by atoms with Crippen LogP contribution in [-0.2, 0) is 15.6 Å². The molecule has 1 aromatic heterocycles. The highest BCUT2D eigenvalue weighted by molar-refractivity contribution is 5.95. The fourth-order valence-corrected chi connectivity index (χ4v) is 5.41. The molecule has 1 aliphatic rings. The molecule has 1 heterocycles. The smallest absolute Gasteiger partial charge is 0.490 e. The number of rotatable bonds is 6. The molecule has 1 fully saturated rings. The van der Waals surface area contributed by atoms with Gasteiger partial charge in [-0.1, -0.05) is 53.7 Å². The topological polar surface area (TPSA) is 128 Å². The number of alkyl halides is 3. The van der Waals surface area contributed by atoms with Crippen LogP contribution in [0.5, 0.6) is 5.75 Å². The molecule has 9 nitrogen and oxygen atoms in total. The van der Waals surface area contributed by atoms with Gasteiger partial charge in [0.2, 0.25) is 5.95 Å². The molecule has 4 N–H and O–H groups in total. The van der Waals surface area contributed by atoms with Crippen LogP contribution in [0.4, 0.5) is 24.9 Å². The van der Waals surface area contributed by atoms with Gasteiger partial charge in [-0.25, -0.2) is 9.78 Å². The Hall–Kier alpha value is -4.09. The number of carboxylic acids is 1. The predicted molar refractivity (Wildman–Crippen MR) is 175 cm³/mol. The van der Waals surface area contributed by atoms with E-state index < -0.39 is 12.1 Å². The van der Waals surface area contributed by atoms with Crippen LogP contribution < -0.4 is 15.5 Å². The minimum Gasteiger partial charge on any atom is -0.507 e. The Balaban J connectivity index is 0.000000738. The van der Waals surface area contributed by atoms with Gasteiger partial charge in [0, 0.05) is 48.8 Å². The summed E-state index contributed by atoms with van der Waals surface area (Å²) >= 11 is 0. The van der Waals surface area contributed by atoms with Gasteiger partial charge in [-0.3, -0.25) is 4.79 Å². The number of carbonyl (C=O) groups is 2. The molecule has 46 heavy (non-hydrogen) atoms. The van der Waals surface area contributed by atoms with Crippen molar-refractivity contribution in [2.75, 3.05) is 30.9 Å². The number of halogens is 3. The average Bonchev–Trinajstić information content (AvgIpc) is 2.95. The molecular formula is C34H46F3N5O4. The first-order valence-corrected chi connectivity index (χ1v) is 15.4. The summed E-state index contributed by atoms with van der Waals surface area (Å²) in [5, 5.41) is 25.9. The van der Waals surface area contributed by atoms with Crippen LogP contribution in [0.3, 0.4) is 0 Å². The van der Waals surface area contributed by atoms with E-state index in [2.05, 4.69) is 58.2 Å². The minimum absolute atomic E-state index is 0.0768. The van der Waals surface area contributed by atoms with Gasteiger partial charge in [-0.05, 0) is 66.7 Å². The van der Waals surface area contributed by atoms with Crippen LogP contribution in [0, 0.1) is 5.92 Å². The van der Waals surface area contributed by atoms with Gasteiger partial charge in [-0.2, -0.15) is 18.2 Å². The third kappa shape index (κ3) is 9.46. The van der Waals surface area contributed by atoms with E-state index in [0.717, 1.165) is 53.5 Å². The van der Waals surface area contributed by atoms with Gasteiger partial charge in [0.25, 0.3) is 5.91 Å². The second-order valence-electron chi connectivity index (χ2n) is 14.1. The van der Waals surface area contributed by atoms with Crippen LogP contribution in [0.1, 0.15) is 88.7 Å². The molecule has 252 valence electrons. The molecule has 0 atom stereocenters. The number of aliphatic carboxylic acids is 1. The molecule has 0 aliphatic heterocycles. The number of anilines is 2. The lowest BCUT2D eigenvalue weighted by Crippen LogP contribution is -2.34. The number of carbonyl (C=O) groups excluding carboxylic acids is 1. The van der Waals surface area contributed by atoms with Crippen LogP contribution >= 0.6 is 0 Å². The Bertz CT molecular complexity index is 1500. The fraction of sp³-hybridized carbons (Fsp3) is 0.529. The van der Waals surface area contributed by atoms with E-state index in [9.17, 15) is 23.1 Å². The van der Waals surface area contributed by atoms with E-state index in [4.69, 9.17) is 19.9 Å². The van der Waals surface area contributed by atoms with Crippen molar-refractivity contribution >= 4 is 34.5 Å². The molecule has 0 unspecified atom stereocenters. The zero-order valence-corrected chi connectivity index (χ0v) is 27.8. The van der Waals surface area contributed by atoms with Crippen LogP contribution in [0.15, 0.2) is 36.4 Å². The summed E-state index contributed by atoms with van der Waals surface area (Å²) in [7, 11) is 4.01. The van der Waals surface area contributed by atoms with Gasteiger partial charge in [-0.15, -0.1) is 0 Å². The first kappa shape index (κ1) is 36.4. The molecule has 0 bridgehead atoms. The summed E-state index contributed by atoms with van der Waals surface area (Å²) in [6.45, 7) is 13.0. The van der Waals surface area contributed by atoms with Crippen LogP contribution in [0.2, 0.25) is 0 Å². The summed E-state index contributed by atoms with van der Waals surface area (Å²) in [6.07, 6.45) is -1.00. The summed E-state index contributed by atoms with van der Waals surface area (Å²) in [5.41, 5.74) is 2.62. The van der Waals surface area contributed by atoms with Crippen molar-refractivity contribution in [3.63, 3.8) is 0 Å². The first-order chi connectivity index (χ1) is 21.2. The fourth-order valence-electron chi connectivity index (χ4n) is 5.41. The maximum absolute atomic E-state index is 13.2. The lowest BCUT2D eigenvalue weighted by atomic mass is 9.78. The number of aromatic hydroxyl groups is 1. The Morgan fingerprint density at radius 2 is 1.43 bits per heavy atom. The molecular weight excluding hydrogens is 599 g/mol.